The van der Waals surface area contributed by atoms with Gasteiger partial charge in [-0.3, -0.25) is 14.9 Å². The molecule has 0 atom stereocenters. The maximum Gasteiger partial charge on any atom is 0.419 e. The first-order valence-electron chi connectivity index (χ1n) is 8.37. The van der Waals surface area contributed by atoms with Crippen molar-refractivity contribution in [2.24, 2.45) is 0 Å². The highest BCUT2D eigenvalue weighted by Gasteiger charge is 2.12. The molecule has 0 radical (unpaired) electrons. The summed E-state index contributed by atoms with van der Waals surface area (Å²) in [5, 5.41) is 12.3. The van der Waals surface area contributed by atoms with Gasteiger partial charge in [0.15, 0.2) is 5.82 Å². The smallest absolute Gasteiger partial charge is 0.419 e. The lowest BCUT2D eigenvalue weighted by atomic mass is 10.1. The molecule has 9 heteroatoms. The molecule has 0 saturated carbocycles. The van der Waals surface area contributed by atoms with Gasteiger partial charge in [0.25, 0.3) is 5.56 Å². The van der Waals surface area contributed by atoms with E-state index in [2.05, 4.69) is 25.5 Å². The van der Waals surface area contributed by atoms with Gasteiger partial charge in [0, 0.05) is 16.5 Å². The number of pyridine rings is 1. The van der Waals surface area contributed by atoms with E-state index >= 15 is 0 Å². The number of nitrogens with one attached hydrogen (secondary N) is 3. The summed E-state index contributed by atoms with van der Waals surface area (Å²) in [5.74, 6) is 0.495. The quantitative estimate of drug-likeness (QED) is 0.442. The van der Waals surface area contributed by atoms with Crippen LogP contribution in [0.3, 0.4) is 0 Å². The molecule has 2 aromatic carbocycles. The highest BCUT2D eigenvalue weighted by atomic mass is 16.5. The molecule has 5 aromatic rings. The molecule has 0 bridgehead atoms. The number of nitrogens with zero attached hydrogens (tertiary/aromatic N) is 2. The average molecular weight is 375 g/mol. The van der Waals surface area contributed by atoms with Crippen LogP contribution in [-0.2, 0) is 0 Å². The monoisotopic (exact) mass is 375 g/mol. The zero-order valence-corrected chi connectivity index (χ0v) is 14.6. The molecule has 0 aliphatic heterocycles. The molecule has 3 heterocycles. The Hall–Kier alpha value is -4.14. The molecule has 5 rings (SSSR count). The maximum atomic E-state index is 12.0. The molecular weight excluding hydrogens is 362 g/mol. The number of rotatable bonds is 3. The molecule has 9 nitrogen and oxygen atoms in total. The molecule has 0 amide bonds. The fourth-order valence-electron chi connectivity index (χ4n) is 3.19. The summed E-state index contributed by atoms with van der Waals surface area (Å²) in [4.78, 5) is 30.1. The van der Waals surface area contributed by atoms with Crippen molar-refractivity contribution in [3.63, 3.8) is 0 Å². The van der Waals surface area contributed by atoms with Crippen molar-refractivity contribution in [1.29, 1.82) is 0 Å². The van der Waals surface area contributed by atoms with Crippen LogP contribution in [0.5, 0.6) is 5.75 Å². The van der Waals surface area contributed by atoms with Gasteiger partial charge in [0.05, 0.1) is 24.2 Å². The van der Waals surface area contributed by atoms with Gasteiger partial charge in [-0.15, -0.1) is 0 Å². The molecule has 0 fully saturated rings. The van der Waals surface area contributed by atoms with Crippen molar-refractivity contribution in [1.82, 2.24) is 20.2 Å². The minimum atomic E-state index is -0.788. The van der Waals surface area contributed by atoms with E-state index in [1.165, 1.54) is 0 Å². The first-order chi connectivity index (χ1) is 13.6. The van der Waals surface area contributed by atoms with E-state index in [0.29, 0.717) is 17.0 Å². The standard InChI is InChI=1S/C19H13N5O4/c1-27-10-3-4-14-11(7-10)13-8-20-24-16(13)17(22-14)21-9-2-5-15-12(6-9)18(25)23-19(26)28-15/h2-8H,1H3,(H,20,24)(H,21,22)(H,23,25,26). The van der Waals surface area contributed by atoms with E-state index in [4.69, 9.17) is 9.15 Å². The van der Waals surface area contributed by atoms with Gasteiger partial charge in [-0.05, 0) is 36.4 Å². The number of H-pyrrole nitrogens is 2. The fraction of sp³-hybridized carbons (Fsp3) is 0.0526. The number of aromatic nitrogens is 4. The van der Waals surface area contributed by atoms with Crippen LogP contribution in [-0.4, -0.2) is 27.3 Å². The highest BCUT2D eigenvalue weighted by molar-refractivity contribution is 6.09. The molecule has 28 heavy (non-hydrogen) atoms. The van der Waals surface area contributed by atoms with Gasteiger partial charge < -0.3 is 14.5 Å². The summed E-state index contributed by atoms with van der Waals surface area (Å²) >= 11 is 0. The van der Waals surface area contributed by atoms with E-state index in [0.717, 1.165) is 22.0 Å². The number of benzene rings is 2. The van der Waals surface area contributed by atoms with Gasteiger partial charge in [-0.1, -0.05) is 0 Å². The Labute approximate surface area is 156 Å². The predicted molar refractivity (Wildman–Crippen MR) is 104 cm³/mol. The van der Waals surface area contributed by atoms with Crippen LogP contribution in [0.15, 0.2) is 56.6 Å². The topological polar surface area (TPSA) is 126 Å². The summed E-state index contributed by atoms with van der Waals surface area (Å²) in [6.45, 7) is 0. The van der Waals surface area contributed by atoms with Crippen molar-refractivity contribution >= 4 is 44.3 Å². The second kappa shape index (κ2) is 5.95. The molecular formula is C19H13N5O4. The van der Waals surface area contributed by atoms with Crippen molar-refractivity contribution in [3.05, 3.63) is 63.5 Å². The van der Waals surface area contributed by atoms with Crippen LogP contribution >= 0.6 is 0 Å². The largest absolute Gasteiger partial charge is 0.497 e. The number of ether oxygens (including phenoxy) is 1. The normalized spacial score (nSPS) is 11.3. The van der Waals surface area contributed by atoms with Crippen LogP contribution in [0.2, 0.25) is 0 Å². The first-order valence-corrected chi connectivity index (χ1v) is 8.37. The fourth-order valence-corrected chi connectivity index (χ4v) is 3.19. The van der Waals surface area contributed by atoms with Crippen molar-refractivity contribution in [3.8, 4) is 5.75 Å². The summed E-state index contributed by atoms with van der Waals surface area (Å²) < 4.78 is 10.3. The van der Waals surface area contributed by atoms with Crippen molar-refractivity contribution in [2.75, 3.05) is 12.4 Å². The first kappa shape index (κ1) is 16.1. The van der Waals surface area contributed by atoms with Crippen LogP contribution < -0.4 is 21.4 Å². The van der Waals surface area contributed by atoms with Gasteiger partial charge in [0.2, 0.25) is 0 Å². The molecule has 0 unspecified atom stereocenters. The summed E-state index contributed by atoms with van der Waals surface area (Å²) in [6, 6.07) is 10.5. The molecule has 3 N–H and O–H groups in total. The Morgan fingerprint density at radius 2 is 1.96 bits per heavy atom. The Morgan fingerprint density at radius 3 is 2.82 bits per heavy atom. The zero-order chi connectivity index (χ0) is 19.3. The van der Waals surface area contributed by atoms with Crippen LogP contribution in [0.25, 0.3) is 32.8 Å². The zero-order valence-electron chi connectivity index (χ0n) is 14.6. The third-order valence-corrected chi connectivity index (χ3v) is 4.51. The number of aromatic amines is 2. The Bertz CT molecular complexity index is 1480. The van der Waals surface area contributed by atoms with Crippen molar-refractivity contribution < 1.29 is 9.15 Å². The third-order valence-electron chi connectivity index (χ3n) is 4.51. The van der Waals surface area contributed by atoms with Gasteiger partial charge in [-0.2, -0.15) is 5.10 Å². The lowest BCUT2D eigenvalue weighted by Crippen LogP contribution is -2.18. The SMILES string of the molecule is COc1ccc2nc(Nc3ccc4oc(=O)[nH]c(=O)c4c3)c3[nH]ncc3c2c1. The number of anilines is 2. The minimum Gasteiger partial charge on any atom is -0.497 e. The number of hydrogen-bond donors (Lipinski definition) is 3. The van der Waals surface area contributed by atoms with Crippen molar-refractivity contribution in [2.45, 2.75) is 0 Å². The number of hydrogen-bond acceptors (Lipinski definition) is 7. The summed E-state index contributed by atoms with van der Waals surface area (Å²) in [5.41, 5.74) is 1.80. The van der Waals surface area contributed by atoms with E-state index in [-0.39, 0.29) is 11.0 Å². The maximum absolute atomic E-state index is 12.0. The van der Waals surface area contributed by atoms with Crippen LogP contribution in [0.1, 0.15) is 0 Å². The lowest BCUT2D eigenvalue weighted by molar-refractivity contribution is 0.415. The second-order valence-electron chi connectivity index (χ2n) is 6.18. The summed E-state index contributed by atoms with van der Waals surface area (Å²) in [7, 11) is 1.61. The van der Waals surface area contributed by atoms with E-state index in [1.807, 2.05) is 18.2 Å². The molecule has 0 aliphatic rings. The van der Waals surface area contributed by atoms with E-state index < -0.39 is 11.3 Å². The van der Waals surface area contributed by atoms with E-state index in [9.17, 15) is 9.59 Å². The van der Waals surface area contributed by atoms with Gasteiger partial charge in [-0.25, -0.2) is 9.78 Å². The molecule has 0 saturated heterocycles. The molecule has 0 spiro atoms. The van der Waals surface area contributed by atoms with E-state index in [1.54, 1.807) is 31.5 Å². The lowest BCUT2D eigenvalue weighted by Gasteiger charge is -2.10. The molecule has 0 aliphatic carbocycles. The predicted octanol–water partition coefficient (Wildman–Crippen LogP) is 2.66. The minimum absolute atomic E-state index is 0.213. The molecule has 3 aromatic heterocycles. The average Bonchev–Trinajstić information content (AvgIpc) is 3.19. The Morgan fingerprint density at radius 1 is 1.07 bits per heavy atom. The Balaban J connectivity index is 1.67. The van der Waals surface area contributed by atoms with Gasteiger partial charge >= 0.3 is 5.76 Å². The third kappa shape index (κ3) is 2.49. The highest BCUT2D eigenvalue weighted by Crippen LogP contribution is 2.31. The molecule has 138 valence electrons. The number of methoxy groups -OCH3 is 1. The van der Waals surface area contributed by atoms with Crippen LogP contribution in [0.4, 0.5) is 11.5 Å². The Kier molecular flexibility index (Phi) is 3.41. The van der Waals surface area contributed by atoms with Gasteiger partial charge in [0.1, 0.15) is 16.8 Å². The van der Waals surface area contributed by atoms with Crippen LogP contribution in [0, 0.1) is 0 Å². The summed E-state index contributed by atoms with van der Waals surface area (Å²) in [6.07, 6.45) is 1.73. The number of fused-ring (bicyclic) bond motifs is 4. The second-order valence-corrected chi connectivity index (χ2v) is 6.18.